The third kappa shape index (κ3) is 2.03. The van der Waals surface area contributed by atoms with E-state index in [0.717, 1.165) is 38.8 Å². The lowest BCUT2D eigenvalue weighted by Crippen LogP contribution is -2.51. The average Bonchev–Trinajstić information content (AvgIpc) is 2.50. The molecular weight excluding hydrogens is 226 g/mol. The lowest BCUT2D eigenvalue weighted by Gasteiger charge is -2.41. The van der Waals surface area contributed by atoms with E-state index in [1.165, 1.54) is 11.1 Å². The molecule has 1 aromatic rings. The van der Waals surface area contributed by atoms with Gasteiger partial charge >= 0.3 is 5.97 Å². The third-order valence-electron chi connectivity index (χ3n) is 4.48. The van der Waals surface area contributed by atoms with Gasteiger partial charge in [-0.2, -0.15) is 0 Å². The summed E-state index contributed by atoms with van der Waals surface area (Å²) in [5, 5.41) is 9.15. The molecule has 0 radical (unpaired) electrons. The van der Waals surface area contributed by atoms with Crippen molar-refractivity contribution in [2.75, 3.05) is 13.1 Å². The van der Waals surface area contributed by atoms with Crippen molar-refractivity contribution in [2.45, 2.75) is 31.7 Å². The number of benzene rings is 1. The van der Waals surface area contributed by atoms with Gasteiger partial charge in [0.05, 0.1) is 5.92 Å². The Balaban J connectivity index is 1.70. The highest BCUT2D eigenvalue weighted by Gasteiger charge is 2.40. The van der Waals surface area contributed by atoms with E-state index in [9.17, 15) is 4.79 Å². The molecule has 0 saturated heterocycles. The molecule has 0 spiro atoms. The van der Waals surface area contributed by atoms with Crippen LogP contribution in [0.3, 0.4) is 0 Å². The van der Waals surface area contributed by atoms with Crippen molar-refractivity contribution in [1.82, 2.24) is 4.90 Å². The molecule has 1 saturated carbocycles. The zero-order chi connectivity index (χ0) is 12.5. The molecular formula is C15H19NO2. The van der Waals surface area contributed by atoms with E-state index >= 15 is 0 Å². The zero-order valence-electron chi connectivity index (χ0n) is 10.5. The first-order valence-electron chi connectivity index (χ1n) is 6.79. The van der Waals surface area contributed by atoms with Crippen molar-refractivity contribution >= 4 is 5.97 Å². The molecule has 3 heteroatoms. The molecule has 0 bridgehead atoms. The van der Waals surface area contributed by atoms with Crippen molar-refractivity contribution in [3.8, 4) is 0 Å². The summed E-state index contributed by atoms with van der Waals surface area (Å²) in [6, 6.07) is 8.87. The summed E-state index contributed by atoms with van der Waals surface area (Å²) >= 11 is 0. The van der Waals surface area contributed by atoms with Gasteiger partial charge in [-0.25, -0.2) is 0 Å². The number of hydrogen-bond acceptors (Lipinski definition) is 2. The van der Waals surface area contributed by atoms with Crippen LogP contribution in [0.5, 0.6) is 0 Å². The molecule has 3 nitrogen and oxygen atoms in total. The van der Waals surface area contributed by atoms with Crippen LogP contribution in [-0.4, -0.2) is 35.1 Å². The Bertz CT molecular complexity index is 431. The highest BCUT2D eigenvalue weighted by atomic mass is 16.4. The Hall–Kier alpha value is -1.35. The highest BCUT2D eigenvalue weighted by molar-refractivity contribution is 5.72. The van der Waals surface area contributed by atoms with Gasteiger partial charge in [-0.3, -0.25) is 9.69 Å². The van der Waals surface area contributed by atoms with Crippen LogP contribution in [0, 0.1) is 5.92 Å². The fourth-order valence-corrected chi connectivity index (χ4v) is 3.22. The first-order chi connectivity index (χ1) is 8.75. The van der Waals surface area contributed by atoms with E-state index in [1.54, 1.807) is 0 Å². The molecule has 18 heavy (non-hydrogen) atoms. The van der Waals surface area contributed by atoms with Gasteiger partial charge in [-0.15, -0.1) is 0 Å². The predicted octanol–water partition coefficient (Wildman–Crippen LogP) is 1.95. The molecule has 1 aromatic carbocycles. The summed E-state index contributed by atoms with van der Waals surface area (Å²) in [5.74, 6) is -0.751. The molecule has 1 fully saturated rings. The zero-order valence-corrected chi connectivity index (χ0v) is 10.5. The molecule has 0 aromatic heterocycles. The van der Waals surface area contributed by atoms with Crippen LogP contribution in [0.1, 0.15) is 24.0 Å². The molecule has 96 valence electrons. The van der Waals surface area contributed by atoms with E-state index in [2.05, 4.69) is 29.2 Å². The SMILES string of the molecule is O=C(O)C1CCC1N1CCc2ccccc2CC1. The highest BCUT2D eigenvalue weighted by Crippen LogP contribution is 2.33. The van der Waals surface area contributed by atoms with Crippen molar-refractivity contribution in [3.63, 3.8) is 0 Å². The minimum absolute atomic E-state index is 0.133. The molecule has 0 amide bonds. The Labute approximate surface area is 107 Å². The summed E-state index contributed by atoms with van der Waals surface area (Å²) in [4.78, 5) is 13.5. The summed E-state index contributed by atoms with van der Waals surface area (Å²) in [5.41, 5.74) is 2.87. The fourth-order valence-electron chi connectivity index (χ4n) is 3.22. The lowest BCUT2D eigenvalue weighted by molar-refractivity contribution is -0.148. The number of hydrogen-bond donors (Lipinski definition) is 1. The van der Waals surface area contributed by atoms with Crippen LogP contribution >= 0.6 is 0 Å². The Morgan fingerprint density at radius 1 is 1.11 bits per heavy atom. The number of carboxylic acid groups (broad SMARTS) is 1. The van der Waals surface area contributed by atoms with Gasteiger partial charge in [0.25, 0.3) is 0 Å². The van der Waals surface area contributed by atoms with Crippen LogP contribution in [0.15, 0.2) is 24.3 Å². The third-order valence-corrected chi connectivity index (χ3v) is 4.48. The van der Waals surface area contributed by atoms with Crippen LogP contribution < -0.4 is 0 Å². The normalized spacial score (nSPS) is 28.0. The number of carbonyl (C=O) groups is 1. The Kier molecular flexibility index (Phi) is 3.08. The van der Waals surface area contributed by atoms with Gasteiger partial charge in [0.15, 0.2) is 0 Å². The second-order valence-corrected chi connectivity index (χ2v) is 5.39. The van der Waals surface area contributed by atoms with E-state index in [0.29, 0.717) is 0 Å². The molecule has 3 rings (SSSR count). The lowest BCUT2D eigenvalue weighted by atomic mass is 9.78. The van der Waals surface area contributed by atoms with E-state index in [4.69, 9.17) is 5.11 Å². The quantitative estimate of drug-likeness (QED) is 0.865. The van der Waals surface area contributed by atoms with Gasteiger partial charge in [-0.1, -0.05) is 24.3 Å². The van der Waals surface area contributed by atoms with E-state index in [-0.39, 0.29) is 12.0 Å². The van der Waals surface area contributed by atoms with E-state index in [1.807, 2.05) is 0 Å². The Morgan fingerprint density at radius 3 is 2.17 bits per heavy atom. The van der Waals surface area contributed by atoms with Gasteiger partial charge in [-0.05, 0) is 36.8 Å². The summed E-state index contributed by atoms with van der Waals surface area (Å²) in [6.45, 7) is 2.01. The molecule has 1 aliphatic carbocycles. The maximum atomic E-state index is 11.1. The second-order valence-electron chi connectivity index (χ2n) is 5.39. The maximum Gasteiger partial charge on any atom is 0.308 e. The van der Waals surface area contributed by atoms with Gasteiger partial charge in [0.1, 0.15) is 0 Å². The summed E-state index contributed by atoms with van der Waals surface area (Å²) in [7, 11) is 0. The van der Waals surface area contributed by atoms with Crippen molar-refractivity contribution in [3.05, 3.63) is 35.4 Å². The maximum absolute atomic E-state index is 11.1. The van der Waals surface area contributed by atoms with Crippen LogP contribution in [-0.2, 0) is 17.6 Å². The number of fused-ring (bicyclic) bond motifs is 1. The van der Waals surface area contributed by atoms with Gasteiger partial charge in [0, 0.05) is 19.1 Å². The van der Waals surface area contributed by atoms with Crippen LogP contribution in [0.25, 0.3) is 0 Å². The molecule has 1 aliphatic heterocycles. The van der Waals surface area contributed by atoms with Gasteiger partial charge < -0.3 is 5.11 Å². The molecule has 1 N–H and O–H groups in total. The average molecular weight is 245 g/mol. The summed E-state index contributed by atoms with van der Waals surface area (Å²) < 4.78 is 0. The van der Waals surface area contributed by atoms with Crippen molar-refractivity contribution < 1.29 is 9.90 Å². The van der Waals surface area contributed by atoms with E-state index < -0.39 is 5.97 Å². The smallest absolute Gasteiger partial charge is 0.308 e. The first-order valence-corrected chi connectivity index (χ1v) is 6.79. The van der Waals surface area contributed by atoms with Gasteiger partial charge in [0.2, 0.25) is 0 Å². The molecule has 2 aliphatic rings. The largest absolute Gasteiger partial charge is 0.481 e. The minimum Gasteiger partial charge on any atom is -0.481 e. The predicted molar refractivity (Wildman–Crippen MR) is 69.6 cm³/mol. The molecule has 2 atom stereocenters. The standard InChI is InChI=1S/C15H19NO2/c17-15(18)13-5-6-14(13)16-9-7-11-3-1-2-4-12(11)8-10-16/h1-4,13-14H,5-10H2,(H,17,18). The minimum atomic E-state index is -0.618. The Morgan fingerprint density at radius 2 is 1.72 bits per heavy atom. The monoisotopic (exact) mass is 245 g/mol. The number of carboxylic acids is 1. The van der Waals surface area contributed by atoms with Crippen molar-refractivity contribution in [2.24, 2.45) is 5.92 Å². The second kappa shape index (κ2) is 4.73. The molecule has 2 unspecified atom stereocenters. The number of aliphatic carboxylic acids is 1. The fraction of sp³-hybridized carbons (Fsp3) is 0.533. The van der Waals surface area contributed by atoms with Crippen LogP contribution in [0.4, 0.5) is 0 Å². The van der Waals surface area contributed by atoms with Crippen molar-refractivity contribution in [1.29, 1.82) is 0 Å². The topological polar surface area (TPSA) is 40.5 Å². The molecule has 1 heterocycles. The number of nitrogens with zero attached hydrogens (tertiary/aromatic N) is 1. The first kappa shape index (κ1) is 11.7. The number of rotatable bonds is 2. The van der Waals surface area contributed by atoms with Crippen LogP contribution in [0.2, 0.25) is 0 Å². The summed E-state index contributed by atoms with van der Waals surface area (Å²) in [6.07, 6.45) is 4.01.